The lowest BCUT2D eigenvalue weighted by Gasteiger charge is -2.02. The van der Waals surface area contributed by atoms with E-state index < -0.39 is 0 Å². The topological polar surface area (TPSA) is 46.9 Å². The lowest BCUT2D eigenvalue weighted by molar-refractivity contribution is -0.114. The zero-order valence-corrected chi connectivity index (χ0v) is 10.1. The molecule has 0 aliphatic rings. The summed E-state index contributed by atoms with van der Waals surface area (Å²) in [6.45, 7) is 2.09. The molecule has 4 nitrogen and oxygen atoms in total. The molecule has 0 radical (unpaired) electrons. The lowest BCUT2D eigenvalue weighted by Crippen LogP contribution is -2.05. The van der Waals surface area contributed by atoms with Crippen LogP contribution in [0.4, 0.5) is 5.69 Å². The fourth-order valence-electron chi connectivity index (χ4n) is 1.54. The smallest absolute Gasteiger partial charge is 0.221 e. The van der Waals surface area contributed by atoms with Crippen molar-refractivity contribution in [2.75, 3.05) is 5.32 Å². The molecule has 1 aromatic heterocycles. The number of amides is 1. The fourth-order valence-corrected chi connectivity index (χ4v) is 1.75. The van der Waals surface area contributed by atoms with Gasteiger partial charge in [0.05, 0.1) is 18.4 Å². The molecule has 1 N–H and O–H groups in total. The van der Waals surface area contributed by atoms with Gasteiger partial charge < -0.3 is 5.32 Å². The minimum atomic E-state index is -0.104. The summed E-state index contributed by atoms with van der Waals surface area (Å²) in [6.07, 6.45) is 3.40. The van der Waals surface area contributed by atoms with Gasteiger partial charge in [-0.05, 0) is 17.7 Å². The minimum absolute atomic E-state index is 0.104. The van der Waals surface area contributed by atoms with Crippen molar-refractivity contribution in [3.8, 4) is 0 Å². The first-order valence-electron chi connectivity index (χ1n) is 5.18. The standard InChI is InChI=1S/C12H12ClN3O/c1-9(17)15-12-6-14-16(8-12)7-10-3-2-4-11(13)5-10/h2-6,8H,7H2,1H3,(H,15,17). The maximum absolute atomic E-state index is 10.9. The van der Waals surface area contributed by atoms with Crippen LogP contribution in [0.3, 0.4) is 0 Å². The molecule has 0 saturated carbocycles. The highest BCUT2D eigenvalue weighted by molar-refractivity contribution is 6.30. The van der Waals surface area contributed by atoms with Gasteiger partial charge in [-0.25, -0.2) is 0 Å². The van der Waals surface area contributed by atoms with E-state index in [0.29, 0.717) is 17.3 Å². The Morgan fingerprint density at radius 3 is 3.06 bits per heavy atom. The van der Waals surface area contributed by atoms with Crippen LogP contribution in [-0.4, -0.2) is 15.7 Å². The highest BCUT2D eigenvalue weighted by atomic mass is 35.5. The highest BCUT2D eigenvalue weighted by Gasteiger charge is 2.01. The number of benzene rings is 1. The van der Waals surface area contributed by atoms with Crippen LogP contribution in [0.25, 0.3) is 0 Å². The SMILES string of the molecule is CC(=O)Nc1cnn(Cc2cccc(Cl)c2)c1. The first-order valence-corrected chi connectivity index (χ1v) is 5.56. The highest BCUT2D eigenvalue weighted by Crippen LogP contribution is 2.12. The van der Waals surface area contributed by atoms with Crippen LogP contribution >= 0.6 is 11.6 Å². The molecule has 1 aromatic carbocycles. The molecule has 1 heterocycles. The number of hydrogen-bond donors (Lipinski definition) is 1. The van der Waals surface area contributed by atoms with Gasteiger partial charge in [-0.1, -0.05) is 23.7 Å². The number of aromatic nitrogens is 2. The summed E-state index contributed by atoms with van der Waals surface area (Å²) in [5.41, 5.74) is 1.76. The summed E-state index contributed by atoms with van der Waals surface area (Å²) in [5.74, 6) is -0.104. The Kier molecular flexibility index (Phi) is 3.44. The van der Waals surface area contributed by atoms with Crippen LogP contribution in [0, 0.1) is 0 Å². The Labute approximate surface area is 104 Å². The van der Waals surface area contributed by atoms with Crippen molar-refractivity contribution in [2.45, 2.75) is 13.5 Å². The van der Waals surface area contributed by atoms with E-state index in [1.807, 2.05) is 24.3 Å². The molecule has 0 aliphatic heterocycles. The summed E-state index contributed by atoms with van der Waals surface area (Å²) >= 11 is 5.90. The van der Waals surface area contributed by atoms with Crippen molar-refractivity contribution in [1.29, 1.82) is 0 Å². The predicted molar refractivity (Wildman–Crippen MR) is 67.1 cm³/mol. The third-order valence-corrected chi connectivity index (χ3v) is 2.42. The Balaban J connectivity index is 2.08. The van der Waals surface area contributed by atoms with Crippen molar-refractivity contribution in [2.24, 2.45) is 0 Å². The molecular weight excluding hydrogens is 238 g/mol. The average molecular weight is 250 g/mol. The minimum Gasteiger partial charge on any atom is -0.324 e. The van der Waals surface area contributed by atoms with E-state index in [9.17, 15) is 4.79 Å². The fraction of sp³-hybridized carbons (Fsp3) is 0.167. The van der Waals surface area contributed by atoms with Gasteiger partial charge in [0, 0.05) is 18.1 Å². The van der Waals surface area contributed by atoms with Crippen LogP contribution in [0.5, 0.6) is 0 Å². The second-order valence-corrected chi connectivity index (χ2v) is 4.17. The van der Waals surface area contributed by atoms with Crippen molar-refractivity contribution in [3.63, 3.8) is 0 Å². The number of halogens is 1. The van der Waals surface area contributed by atoms with Gasteiger partial charge in [0.1, 0.15) is 0 Å². The molecule has 17 heavy (non-hydrogen) atoms. The van der Waals surface area contributed by atoms with E-state index in [1.54, 1.807) is 17.1 Å². The molecule has 0 unspecified atom stereocenters. The zero-order valence-electron chi connectivity index (χ0n) is 9.35. The van der Waals surface area contributed by atoms with Gasteiger partial charge in [0.25, 0.3) is 0 Å². The van der Waals surface area contributed by atoms with Gasteiger partial charge >= 0.3 is 0 Å². The third-order valence-electron chi connectivity index (χ3n) is 2.19. The van der Waals surface area contributed by atoms with Crippen LogP contribution in [-0.2, 0) is 11.3 Å². The summed E-state index contributed by atoms with van der Waals surface area (Å²) in [5, 5.41) is 7.53. The summed E-state index contributed by atoms with van der Waals surface area (Å²) in [4.78, 5) is 10.9. The van der Waals surface area contributed by atoms with E-state index in [-0.39, 0.29) is 5.91 Å². The predicted octanol–water partition coefficient (Wildman–Crippen LogP) is 2.54. The zero-order chi connectivity index (χ0) is 12.3. The molecule has 2 aromatic rings. The maximum atomic E-state index is 10.9. The van der Waals surface area contributed by atoms with Crippen molar-refractivity contribution in [1.82, 2.24) is 9.78 Å². The van der Waals surface area contributed by atoms with Crippen molar-refractivity contribution < 1.29 is 4.79 Å². The van der Waals surface area contributed by atoms with Gasteiger partial charge in [-0.2, -0.15) is 5.10 Å². The van der Waals surface area contributed by atoms with E-state index >= 15 is 0 Å². The summed E-state index contributed by atoms with van der Waals surface area (Å²) in [6, 6.07) is 7.60. The van der Waals surface area contributed by atoms with Crippen LogP contribution in [0.2, 0.25) is 5.02 Å². The van der Waals surface area contributed by atoms with Crippen molar-refractivity contribution in [3.05, 3.63) is 47.2 Å². The number of nitrogens with one attached hydrogen (secondary N) is 1. The van der Waals surface area contributed by atoms with Crippen LogP contribution in [0.15, 0.2) is 36.7 Å². The van der Waals surface area contributed by atoms with Gasteiger partial charge in [-0.15, -0.1) is 0 Å². The number of rotatable bonds is 3. The lowest BCUT2D eigenvalue weighted by atomic mass is 10.2. The van der Waals surface area contributed by atoms with E-state index in [1.165, 1.54) is 6.92 Å². The second-order valence-electron chi connectivity index (χ2n) is 3.74. The molecule has 0 bridgehead atoms. The van der Waals surface area contributed by atoms with E-state index in [4.69, 9.17) is 11.6 Å². The molecule has 0 aliphatic carbocycles. The Morgan fingerprint density at radius 2 is 2.35 bits per heavy atom. The molecule has 0 fully saturated rings. The molecular formula is C12H12ClN3O. The van der Waals surface area contributed by atoms with Crippen molar-refractivity contribution >= 4 is 23.2 Å². The number of anilines is 1. The first-order chi connectivity index (χ1) is 8.13. The molecule has 0 spiro atoms. The number of nitrogens with zero attached hydrogens (tertiary/aromatic N) is 2. The molecule has 0 atom stereocenters. The average Bonchev–Trinajstić information content (AvgIpc) is 2.64. The van der Waals surface area contributed by atoms with Crippen LogP contribution in [0.1, 0.15) is 12.5 Å². The first kappa shape index (κ1) is 11.7. The van der Waals surface area contributed by atoms with Crippen LogP contribution < -0.4 is 5.32 Å². The monoisotopic (exact) mass is 249 g/mol. The molecule has 1 amide bonds. The summed E-state index contributed by atoms with van der Waals surface area (Å²) < 4.78 is 1.75. The quantitative estimate of drug-likeness (QED) is 0.909. The third kappa shape index (κ3) is 3.32. The largest absolute Gasteiger partial charge is 0.324 e. The van der Waals surface area contributed by atoms with Gasteiger partial charge in [-0.3, -0.25) is 9.48 Å². The number of carbonyl (C=O) groups is 1. The van der Waals surface area contributed by atoms with E-state index in [2.05, 4.69) is 10.4 Å². The van der Waals surface area contributed by atoms with E-state index in [0.717, 1.165) is 5.56 Å². The molecule has 2 rings (SSSR count). The normalized spacial score (nSPS) is 10.2. The maximum Gasteiger partial charge on any atom is 0.221 e. The Hall–Kier alpha value is -1.81. The molecule has 5 heteroatoms. The number of hydrogen-bond acceptors (Lipinski definition) is 2. The molecule has 0 saturated heterocycles. The van der Waals surface area contributed by atoms with Gasteiger partial charge in [0.2, 0.25) is 5.91 Å². The Bertz CT molecular complexity index is 536. The van der Waals surface area contributed by atoms with Gasteiger partial charge in [0.15, 0.2) is 0 Å². The Morgan fingerprint density at radius 1 is 1.53 bits per heavy atom. The molecule has 88 valence electrons. The number of carbonyl (C=O) groups excluding carboxylic acids is 1. The summed E-state index contributed by atoms with van der Waals surface area (Å²) in [7, 11) is 0. The second kappa shape index (κ2) is 5.01.